The molecule has 2 atom stereocenters. The summed E-state index contributed by atoms with van der Waals surface area (Å²) in [4.78, 5) is 0. The summed E-state index contributed by atoms with van der Waals surface area (Å²) in [5, 5.41) is 12.5. The van der Waals surface area contributed by atoms with E-state index in [9.17, 15) is 9.50 Å². The van der Waals surface area contributed by atoms with Crippen LogP contribution in [-0.4, -0.2) is 24.4 Å². The van der Waals surface area contributed by atoms with Crippen LogP contribution < -0.4 is 10.1 Å². The first-order valence-corrected chi connectivity index (χ1v) is 6.05. The maximum absolute atomic E-state index is 13.2. The van der Waals surface area contributed by atoms with Crippen molar-refractivity contribution < 1.29 is 14.2 Å². The third-order valence-corrected chi connectivity index (χ3v) is 2.98. The lowest BCUT2D eigenvalue weighted by Gasteiger charge is -2.32. The molecule has 94 valence electrons. The number of halogens is 1. The Morgan fingerprint density at radius 3 is 3.06 bits per heavy atom. The first-order valence-electron chi connectivity index (χ1n) is 6.05. The Labute approximate surface area is 101 Å². The summed E-state index contributed by atoms with van der Waals surface area (Å²) in [5.74, 6) is 0.420. The van der Waals surface area contributed by atoms with Gasteiger partial charge in [0.1, 0.15) is 17.7 Å². The van der Waals surface area contributed by atoms with E-state index < -0.39 is 0 Å². The van der Waals surface area contributed by atoms with E-state index in [1.165, 1.54) is 12.1 Å². The van der Waals surface area contributed by atoms with Crippen LogP contribution in [0.5, 0.6) is 5.75 Å². The number of rotatable bonds is 4. The first-order chi connectivity index (χ1) is 8.24. The third-order valence-electron chi connectivity index (χ3n) is 2.98. The van der Waals surface area contributed by atoms with E-state index in [4.69, 9.17) is 4.74 Å². The molecule has 0 fully saturated rings. The lowest BCUT2D eigenvalue weighted by Crippen LogP contribution is -2.35. The predicted molar refractivity (Wildman–Crippen MR) is 63.6 cm³/mol. The van der Waals surface area contributed by atoms with Gasteiger partial charge in [0.25, 0.3) is 0 Å². The molecular formula is C13H18FNO2. The molecule has 0 aromatic heterocycles. The Morgan fingerprint density at radius 1 is 1.53 bits per heavy atom. The van der Waals surface area contributed by atoms with E-state index >= 15 is 0 Å². The van der Waals surface area contributed by atoms with E-state index in [2.05, 4.69) is 12.2 Å². The Kier molecular flexibility index (Phi) is 3.97. The molecule has 1 aromatic rings. The molecular weight excluding hydrogens is 221 g/mol. The summed E-state index contributed by atoms with van der Waals surface area (Å²) in [6.45, 7) is 2.95. The maximum atomic E-state index is 13.2. The van der Waals surface area contributed by atoms with Gasteiger partial charge < -0.3 is 15.2 Å². The number of hydrogen-bond donors (Lipinski definition) is 2. The SMILES string of the molecule is CCCNC1CC(CO)Oc2ccc(F)cc21. The quantitative estimate of drug-likeness (QED) is 0.844. The van der Waals surface area contributed by atoms with Crippen LogP contribution in [0.3, 0.4) is 0 Å². The predicted octanol–water partition coefficient (Wildman–Crippen LogP) is 2.01. The number of aliphatic hydroxyl groups is 1. The van der Waals surface area contributed by atoms with Gasteiger partial charge in [0.05, 0.1) is 6.61 Å². The fourth-order valence-electron chi connectivity index (χ4n) is 2.14. The van der Waals surface area contributed by atoms with Gasteiger partial charge in [0.2, 0.25) is 0 Å². The highest BCUT2D eigenvalue weighted by molar-refractivity contribution is 5.38. The van der Waals surface area contributed by atoms with Crippen LogP contribution in [0.1, 0.15) is 31.4 Å². The van der Waals surface area contributed by atoms with Crippen molar-refractivity contribution in [1.29, 1.82) is 0 Å². The molecule has 4 heteroatoms. The van der Waals surface area contributed by atoms with E-state index in [0.717, 1.165) is 18.5 Å². The third kappa shape index (κ3) is 2.76. The second kappa shape index (κ2) is 5.47. The Bertz CT molecular complexity index is 384. The minimum absolute atomic E-state index is 0.0128. The van der Waals surface area contributed by atoms with Gasteiger partial charge in [0, 0.05) is 18.0 Å². The molecule has 1 aromatic carbocycles. The van der Waals surface area contributed by atoms with Crippen LogP contribution >= 0.6 is 0 Å². The van der Waals surface area contributed by atoms with Crippen LogP contribution in [0.25, 0.3) is 0 Å². The number of fused-ring (bicyclic) bond motifs is 1. The van der Waals surface area contributed by atoms with Crippen molar-refractivity contribution in [3.8, 4) is 5.75 Å². The summed E-state index contributed by atoms with van der Waals surface area (Å²) in [7, 11) is 0. The summed E-state index contributed by atoms with van der Waals surface area (Å²) >= 11 is 0. The fourth-order valence-corrected chi connectivity index (χ4v) is 2.14. The van der Waals surface area contributed by atoms with Crippen molar-refractivity contribution in [2.45, 2.75) is 31.9 Å². The molecule has 3 nitrogen and oxygen atoms in total. The molecule has 0 saturated carbocycles. The van der Waals surface area contributed by atoms with Crippen LogP contribution in [0.2, 0.25) is 0 Å². The van der Waals surface area contributed by atoms with Crippen molar-refractivity contribution >= 4 is 0 Å². The maximum Gasteiger partial charge on any atom is 0.124 e. The van der Waals surface area contributed by atoms with E-state index in [1.807, 2.05) is 0 Å². The van der Waals surface area contributed by atoms with Crippen molar-refractivity contribution in [1.82, 2.24) is 5.32 Å². The molecule has 0 aliphatic carbocycles. The molecule has 0 radical (unpaired) electrons. The van der Waals surface area contributed by atoms with Gasteiger partial charge in [0.15, 0.2) is 0 Å². The zero-order valence-corrected chi connectivity index (χ0v) is 9.95. The largest absolute Gasteiger partial charge is 0.488 e. The molecule has 2 rings (SSSR count). The van der Waals surface area contributed by atoms with Gasteiger partial charge >= 0.3 is 0 Å². The van der Waals surface area contributed by atoms with Crippen molar-refractivity contribution in [3.63, 3.8) is 0 Å². The lowest BCUT2D eigenvalue weighted by atomic mass is 9.96. The monoisotopic (exact) mass is 239 g/mol. The lowest BCUT2D eigenvalue weighted by molar-refractivity contribution is 0.0833. The van der Waals surface area contributed by atoms with Crippen molar-refractivity contribution in [2.24, 2.45) is 0 Å². The Morgan fingerprint density at radius 2 is 2.35 bits per heavy atom. The molecule has 1 heterocycles. The summed E-state index contributed by atoms with van der Waals surface area (Å²) in [6, 6.07) is 4.59. The normalized spacial score (nSPS) is 23.0. The fraction of sp³-hybridized carbons (Fsp3) is 0.538. The number of ether oxygens (including phenoxy) is 1. The average molecular weight is 239 g/mol. The Balaban J connectivity index is 2.24. The van der Waals surface area contributed by atoms with Crippen LogP contribution in [-0.2, 0) is 0 Å². The smallest absolute Gasteiger partial charge is 0.124 e. The van der Waals surface area contributed by atoms with Crippen LogP contribution in [0.4, 0.5) is 4.39 Å². The van der Waals surface area contributed by atoms with E-state index in [-0.39, 0.29) is 24.6 Å². The van der Waals surface area contributed by atoms with Gasteiger partial charge in [-0.25, -0.2) is 4.39 Å². The zero-order valence-electron chi connectivity index (χ0n) is 9.95. The van der Waals surface area contributed by atoms with Crippen LogP contribution in [0.15, 0.2) is 18.2 Å². The summed E-state index contributed by atoms with van der Waals surface area (Å²) < 4.78 is 18.8. The highest BCUT2D eigenvalue weighted by Gasteiger charge is 2.27. The topological polar surface area (TPSA) is 41.5 Å². The van der Waals surface area contributed by atoms with Crippen molar-refractivity contribution in [2.75, 3.05) is 13.2 Å². The molecule has 1 aliphatic heterocycles. The highest BCUT2D eigenvalue weighted by atomic mass is 19.1. The summed E-state index contributed by atoms with van der Waals surface area (Å²) in [5.41, 5.74) is 0.850. The minimum atomic E-state index is -0.252. The highest BCUT2D eigenvalue weighted by Crippen LogP contribution is 2.35. The molecule has 0 bridgehead atoms. The van der Waals surface area contributed by atoms with Gasteiger partial charge in [-0.05, 0) is 31.2 Å². The average Bonchev–Trinajstić information content (AvgIpc) is 2.35. The van der Waals surface area contributed by atoms with Gasteiger partial charge in [-0.1, -0.05) is 6.92 Å². The molecule has 2 N–H and O–H groups in total. The second-order valence-corrected chi connectivity index (χ2v) is 4.35. The van der Waals surface area contributed by atoms with Gasteiger partial charge in [-0.15, -0.1) is 0 Å². The molecule has 0 amide bonds. The number of nitrogens with one attached hydrogen (secondary N) is 1. The van der Waals surface area contributed by atoms with Gasteiger partial charge in [-0.2, -0.15) is 0 Å². The summed E-state index contributed by atoms with van der Waals surface area (Å²) in [6.07, 6.45) is 1.49. The van der Waals surface area contributed by atoms with Crippen molar-refractivity contribution in [3.05, 3.63) is 29.6 Å². The van der Waals surface area contributed by atoms with E-state index in [0.29, 0.717) is 12.2 Å². The van der Waals surface area contributed by atoms with Crippen LogP contribution in [0, 0.1) is 5.82 Å². The minimum Gasteiger partial charge on any atom is -0.488 e. The number of hydrogen-bond acceptors (Lipinski definition) is 3. The Hall–Kier alpha value is -1.13. The molecule has 17 heavy (non-hydrogen) atoms. The van der Waals surface area contributed by atoms with E-state index in [1.54, 1.807) is 6.07 Å². The number of benzene rings is 1. The standard InChI is InChI=1S/C13H18FNO2/c1-2-5-15-12-7-10(8-16)17-13-4-3-9(14)6-11(12)13/h3-4,6,10,12,15-16H,2,5,7-8H2,1H3. The molecule has 1 aliphatic rings. The number of aliphatic hydroxyl groups excluding tert-OH is 1. The van der Waals surface area contributed by atoms with Gasteiger partial charge in [-0.3, -0.25) is 0 Å². The zero-order chi connectivity index (χ0) is 12.3. The molecule has 0 saturated heterocycles. The molecule has 0 spiro atoms. The second-order valence-electron chi connectivity index (χ2n) is 4.35. The first kappa shape index (κ1) is 12.3. The molecule has 2 unspecified atom stereocenters.